The van der Waals surface area contributed by atoms with E-state index in [0.717, 1.165) is 22.4 Å². The highest BCUT2D eigenvalue weighted by Gasteiger charge is 2.32. The molecule has 0 aliphatic carbocycles. The number of carbonyl (C=O) groups excluding carboxylic acids is 1. The molecule has 0 aromatic heterocycles. The van der Waals surface area contributed by atoms with Gasteiger partial charge in [0.2, 0.25) is 22.7 Å². The zero-order valence-electron chi connectivity index (χ0n) is 16.7. The molecule has 2 aromatic rings. The average Bonchev–Trinajstić information content (AvgIpc) is 3.24. The summed E-state index contributed by atoms with van der Waals surface area (Å²) in [5.41, 5.74) is 3.20. The van der Waals surface area contributed by atoms with Gasteiger partial charge >= 0.3 is 0 Å². The van der Waals surface area contributed by atoms with Gasteiger partial charge in [0.1, 0.15) is 0 Å². The Kier molecular flexibility index (Phi) is 5.00. The Bertz CT molecular complexity index is 1060. The molecule has 2 aliphatic heterocycles. The molecule has 1 fully saturated rings. The molecular weight excluding hydrogens is 392 g/mol. The van der Waals surface area contributed by atoms with Gasteiger partial charge in [0, 0.05) is 31.3 Å². The van der Waals surface area contributed by atoms with Crippen LogP contribution in [0.1, 0.15) is 23.1 Å². The molecule has 1 amide bonds. The van der Waals surface area contributed by atoms with E-state index in [1.54, 1.807) is 30.9 Å². The van der Waals surface area contributed by atoms with Crippen molar-refractivity contribution in [1.29, 1.82) is 0 Å². The third-order valence-electron chi connectivity index (χ3n) is 5.31. The first-order chi connectivity index (χ1) is 13.7. The van der Waals surface area contributed by atoms with Gasteiger partial charge in [-0.25, -0.2) is 13.1 Å². The Labute approximate surface area is 170 Å². The lowest BCUT2D eigenvalue weighted by Crippen LogP contribution is -2.32. The van der Waals surface area contributed by atoms with Crippen LogP contribution >= 0.6 is 0 Å². The third kappa shape index (κ3) is 3.82. The summed E-state index contributed by atoms with van der Waals surface area (Å²) in [7, 11) is -3.65. The van der Waals surface area contributed by atoms with Gasteiger partial charge in [0.15, 0.2) is 11.5 Å². The highest BCUT2D eigenvalue weighted by Crippen LogP contribution is 2.37. The maximum atomic E-state index is 12.9. The first-order valence-corrected chi connectivity index (χ1v) is 11.0. The van der Waals surface area contributed by atoms with E-state index in [9.17, 15) is 13.2 Å². The van der Waals surface area contributed by atoms with E-state index in [-0.39, 0.29) is 25.2 Å². The standard InChI is InChI=1S/C21H24N2O5S/c1-13-6-14(2)21(15(3)7-13)29(25,26)22-10-16-8-20(24)23(11-16)17-4-5-18-19(9-17)28-12-27-18/h4-7,9,16,22H,8,10-12H2,1-3H3. The molecule has 7 nitrogen and oxygen atoms in total. The van der Waals surface area contributed by atoms with Crippen molar-refractivity contribution in [3.63, 3.8) is 0 Å². The van der Waals surface area contributed by atoms with Crippen molar-refractivity contribution in [1.82, 2.24) is 4.72 Å². The van der Waals surface area contributed by atoms with Crippen LogP contribution in [0.4, 0.5) is 5.69 Å². The second kappa shape index (κ2) is 7.35. The minimum absolute atomic E-state index is 0.0317. The van der Waals surface area contributed by atoms with E-state index < -0.39 is 10.0 Å². The average molecular weight is 416 g/mol. The number of benzene rings is 2. The van der Waals surface area contributed by atoms with Gasteiger partial charge in [0.25, 0.3) is 0 Å². The van der Waals surface area contributed by atoms with Crippen LogP contribution in [0, 0.1) is 26.7 Å². The van der Waals surface area contributed by atoms with Crippen molar-refractivity contribution < 1.29 is 22.7 Å². The lowest BCUT2D eigenvalue weighted by Gasteiger charge is -2.18. The molecule has 2 aliphatic rings. The molecule has 0 radical (unpaired) electrons. The Morgan fingerprint density at radius 1 is 1.07 bits per heavy atom. The summed E-state index contributed by atoms with van der Waals surface area (Å²) in [6.07, 6.45) is 0.294. The Hall–Kier alpha value is -2.58. The van der Waals surface area contributed by atoms with E-state index in [1.165, 1.54) is 0 Å². The summed E-state index contributed by atoms with van der Waals surface area (Å²) in [6, 6.07) is 9.11. The van der Waals surface area contributed by atoms with E-state index in [0.29, 0.717) is 29.4 Å². The van der Waals surface area contributed by atoms with Crippen LogP contribution in [-0.4, -0.2) is 34.2 Å². The van der Waals surface area contributed by atoms with Crippen molar-refractivity contribution in [2.24, 2.45) is 5.92 Å². The van der Waals surface area contributed by atoms with Crippen molar-refractivity contribution in [3.8, 4) is 11.5 Å². The molecule has 1 unspecified atom stereocenters. The minimum Gasteiger partial charge on any atom is -0.454 e. The fourth-order valence-electron chi connectivity index (χ4n) is 4.11. The predicted octanol–water partition coefficient (Wildman–Crippen LogP) is 2.67. The molecule has 29 heavy (non-hydrogen) atoms. The first kappa shape index (κ1) is 19.7. The Morgan fingerprint density at radius 2 is 1.76 bits per heavy atom. The van der Waals surface area contributed by atoms with Gasteiger partial charge in [-0.1, -0.05) is 17.7 Å². The van der Waals surface area contributed by atoms with Crippen LogP contribution in [0.3, 0.4) is 0 Å². The number of nitrogens with one attached hydrogen (secondary N) is 1. The van der Waals surface area contributed by atoms with Crippen molar-refractivity contribution in [3.05, 3.63) is 47.0 Å². The number of anilines is 1. The van der Waals surface area contributed by atoms with E-state index in [1.807, 2.05) is 25.1 Å². The van der Waals surface area contributed by atoms with Crippen molar-refractivity contribution >= 4 is 21.6 Å². The summed E-state index contributed by atoms with van der Waals surface area (Å²) >= 11 is 0. The minimum atomic E-state index is -3.65. The second-order valence-electron chi connectivity index (χ2n) is 7.69. The number of hydrogen-bond acceptors (Lipinski definition) is 5. The molecule has 154 valence electrons. The predicted molar refractivity (Wildman–Crippen MR) is 109 cm³/mol. The summed E-state index contributed by atoms with van der Waals surface area (Å²) < 4.78 is 39.1. The zero-order valence-corrected chi connectivity index (χ0v) is 17.5. The van der Waals surface area contributed by atoms with Crippen LogP contribution in [0.5, 0.6) is 11.5 Å². The highest BCUT2D eigenvalue weighted by atomic mass is 32.2. The Balaban J connectivity index is 1.45. The number of carbonyl (C=O) groups is 1. The number of ether oxygens (including phenoxy) is 2. The maximum absolute atomic E-state index is 12.9. The van der Waals surface area contributed by atoms with E-state index in [2.05, 4.69) is 4.72 Å². The normalized spacial score (nSPS) is 18.5. The topological polar surface area (TPSA) is 84.9 Å². The number of aryl methyl sites for hydroxylation is 3. The molecule has 0 spiro atoms. The van der Waals surface area contributed by atoms with Gasteiger partial charge in [-0.05, 0) is 49.9 Å². The summed E-state index contributed by atoms with van der Waals surface area (Å²) in [5, 5.41) is 0. The van der Waals surface area contributed by atoms with E-state index >= 15 is 0 Å². The van der Waals surface area contributed by atoms with Gasteiger partial charge in [-0.2, -0.15) is 0 Å². The summed E-state index contributed by atoms with van der Waals surface area (Å²) in [4.78, 5) is 14.5. The largest absolute Gasteiger partial charge is 0.454 e. The van der Waals surface area contributed by atoms with Crippen LogP contribution in [0.2, 0.25) is 0 Å². The zero-order chi connectivity index (χ0) is 20.8. The Morgan fingerprint density at radius 3 is 2.48 bits per heavy atom. The molecule has 4 rings (SSSR count). The SMILES string of the molecule is Cc1cc(C)c(S(=O)(=O)NCC2CC(=O)N(c3ccc4c(c3)OCO4)C2)c(C)c1. The number of fused-ring (bicyclic) bond motifs is 1. The molecule has 1 atom stereocenters. The van der Waals surface area contributed by atoms with Crippen LogP contribution in [0.15, 0.2) is 35.2 Å². The van der Waals surface area contributed by atoms with Gasteiger partial charge < -0.3 is 14.4 Å². The number of rotatable bonds is 5. The number of amides is 1. The number of nitrogens with zero attached hydrogens (tertiary/aromatic N) is 1. The molecule has 1 N–H and O–H groups in total. The third-order valence-corrected chi connectivity index (χ3v) is 7.04. The lowest BCUT2D eigenvalue weighted by atomic mass is 10.1. The molecule has 0 bridgehead atoms. The molecule has 8 heteroatoms. The fraction of sp³-hybridized carbons (Fsp3) is 0.381. The first-order valence-electron chi connectivity index (χ1n) is 9.52. The fourth-order valence-corrected chi connectivity index (χ4v) is 5.68. The molecule has 0 saturated carbocycles. The molecule has 2 aromatic carbocycles. The molecule has 2 heterocycles. The van der Waals surface area contributed by atoms with Gasteiger partial charge in [0.05, 0.1) is 4.90 Å². The smallest absolute Gasteiger partial charge is 0.241 e. The molecule has 1 saturated heterocycles. The monoisotopic (exact) mass is 416 g/mol. The van der Waals surface area contributed by atoms with E-state index in [4.69, 9.17) is 9.47 Å². The van der Waals surface area contributed by atoms with Crippen LogP contribution in [0.25, 0.3) is 0 Å². The van der Waals surface area contributed by atoms with Crippen molar-refractivity contribution in [2.45, 2.75) is 32.1 Å². The number of sulfonamides is 1. The van der Waals surface area contributed by atoms with Gasteiger partial charge in [-0.15, -0.1) is 0 Å². The van der Waals surface area contributed by atoms with Gasteiger partial charge in [-0.3, -0.25) is 4.79 Å². The maximum Gasteiger partial charge on any atom is 0.241 e. The van der Waals surface area contributed by atoms with Crippen LogP contribution < -0.4 is 19.1 Å². The number of hydrogen-bond donors (Lipinski definition) is 1. The van der Waals surface area contributed by atoms with Crippen molar-refractivity contribution in [2.75, 3.05) is 24.8 Å². The highest BCUT2D eigenvalue weighted by molar-refractivity contribution is 7.89. The summed E-state index contributed by atoms with van der Waals surface area (Å²) in [6.45, 7) is 6.38. The van der Waals surface area contributed by atoms with Crippen LogP contribution in [-0.2, 0) is 14.8 Å². The molecular formula is C21H24N2O5S. The quantitative estimate of drug-likeness (QED) is 0.810. The summed E-state index contributed by atoms with van der Waals surface area (Å²) in [5.74, 6) is 1.14. The lowest BCUT2D eigenvalue weighted by molar-refractivity contribution is -0.117. The second-order valence-corrected chi connectivity index (χ2v) is 9.40.